The Balaban J connectivity index is 2.00. The standard InChI is InChI=1S/C17H13BrFN/c18-16(11-12-5-3-4-10-20-12)14-8-9-17(19)15-7-2-1-6-13(14)15/h1-10,16H,11H2. The lowest BCUT2D eigenvalue weighted by atomic mass is 9.99. The van der Waals surface area contributed by atoms with Crippen molar-refractivity contribution < 1.29 is 4.39 Å². The van der Waals surface area contributed by atoms with Crippen LogP contribution in [0.4, 0.5) is 4.39 Å². The molecule has 0 amide bonds. The Hall–Kier alpha value is -1.74. The maximum absolute atomic E-state index is 13.8. The fraction of sp³-hybridized carbons (Fsp3) is 0.118. The van der Waals surface area contributed by atoms with E-state index in [1.165, 1.54) is 6.07 Å². The number of alkyl halides is 1. The molecule has 0 radical (unpaired) electrons. The van der Waals surface area contributed by atoms with E-state index in [0.29, 0.717) is 5.39 Å². The van der Waals surface area contributed by atoms with Crippen LogP contribution >= 0.6 is 15.9 Å². The van der Waals surface area contributed by atoms with Crippen LogP contribution in [-0.4, -0.2) is 4.98 Å². The third-order valence-electron chi connectivity index (χ3n) is 3.36. The Labute approximate surface area is 125 Å². The van der Waals surface area contributed by atoms with Crippen molar-refractivity contribution in [1.29, 1.82) is 0 Å². The van der Waals surface area contributed by atoms with Crippen molar-refractivity contribution in [3.05, 3.63) is 77.9 Å². The third-order valence-corrected chi connectivity index (χ3v) is 4.17. The van der Waals surface area contributed by atoms with E-state index in [9.17, 15) is 4.39 Å². The van der Waals surface area contributed by atoms with E-state index in [2.05, 4.69) is 20.9 Å². The van der Waals surface area contributed by atoms with Gasteiger partial charge in [-0.3, -0.25) is 4.98 Å². The molecule has 0 aliphatic rings. The van der Waals surface area contributed by atoms with Gasteiger partial charge in [-0.1, -0.05) is 52.3 Å². The van der Waals surface area contributed by atoms with Gasteiger partial charge < -0.3 is 0 Å². The van der Waals surface area contributed by atoms with Gasteiger partial charge in [-0.15, -0.1) is 0 Å². The Bertz CT molecular complexity index is 727. The number of benzene rings is 2. The highest BCUT2D eigenvalue weighted by Crippen LogP contribution is 2.33. The topological polar surface area (TPSA) is 12.9 Å². The molecule has 3 aromatic rings. The van der Waals surface area contributed by atoms with E-state index in [4.69, 9.17) is 0 Å². The van der Waals surface area contributed by atoms with E-state index in [1.807, 2.05) is 48.5 Å². The van der Waals surface area contributed by atoms with Crippen LogP contribution in [0.15, 0.2) is 60.8 Å². The molecule has 0 saturated heterocycles. The van der Waals surface area contributed by atoms with Crippen LogP contribution in [0.2, 0.25) is 0 Å². The molecule has 20 heavy (non-hydrogen) atoms. The first kappa shape index (κ1) is 13.3. The zero-order valence-corrected chi connectivity index (χ0v) is 12.3. The molecule has 0 fully saturated rings. The summed E-state index contributed by atoms with van der Waals surface area (Å²) in [7, 11) is 0. The van der Waals surface area contributed by atoms with Gasteiger partial charge in [0.1, 0.15) is 5.82 Å². The van der Waals surface area contributed by atoms with Gasteiger partial charge in [0.15, 0.2) is 0 Å². The lowest BCUT2D eigenvalue weighted by Crippen LogP contribution is -1.99. The zero-order chi connectivity index (χ0) is 13.9. The molecule has 1 nitrogen and oxygen atoms in total. The Morgan fingerprint density at radius 2 is 1.70 bits per heavy atom. The molecule has 1 atom stereocenters. The summed E-state index contributed by atoms with van der Waals surface area (Å²) in [4.78, 5) is 4.45. The molecule has 2 aromatic carbocycles. The van der Waals surface area contributed by atoms with E-state index >= 15 is 0 Å². The fourth-order valence-electron chi connectivity index (χ4n) is 2.37. The number of rotatable bonds is 3. The van der Waals surface area contributed by atoms with E-state index < -0.39 is 0 Å². The average Bonchev–Trinajstić information content (AvgIpc) is 2.49. The van der Waals surface area contributed by atoms with E-state index in [0.717, 1.165) is 23.1 Å². The van der Waals surface area contributed by atoms with Gasteiger partial charge in [0.2, 0.25) is 0 Å². The van der Waals surface area contributed by atoms with Gasteiger partial charge in [-0.2, -0.15) is 0 Å². The summed E-state index contributed by atoms with van der Waals surface area (Å²) in [5.74, 6) is -0.179. The molecule has 0 bridgehead atoms. The number of nitrogens with zero attached hydrogens (tertiary/aromatic N) is 1. The van der Waals surface area contributed by atoms with Crippen molar-refractivity contribution in [2.24, 2.45) is 0 Å². The molecule has 1 aromatic heterocycles. The van der Waals surface area contributed by atoms with Crippen LogP contribution < -0.4 is 0 Å². The summed E-state index contributed by atoms with van der Waals surface area (Å²) in [6, 6.07) is 16.8. The van der Waals surface area contributed by atoms with Crippen LogP contribution in [0, 0.1) is 5.82 Å². The van der Waals surface area contributed by atoms with E-state index in [-0.39, 0.29) is 10.6 Å². The minimum atomic E-state index is -0.179. The van der Waals surface area contributed by atoms with Crippen molar-refractivity contribution in [1.82, 2.24) is 4.98 Å². The van der Waals surface area contributed by atoms with Crippen LogP contribution in [-0.2, 0) is 6.42 Å². The summed E-state index contributed by atoms with van der Waals surface area (Å²) in [6.45, 7) is 0. The third kappa shape index (κ3) is 2.59. The number of fused-ring (bicyclic) bond motifs is 1. The van der Waals surface area contributed by atoms with E-state index in [1.54, 1.807) is 6.20 Å². The summed E-state index contributed by atoms with van der Waals surface area (Å²) in [5, 5.41) is 1.61. The maximum Gasteiger partial charge on any atom is 0.131 e. The normalized spacial score (nSPS) is 12.5. The van der Waals surface area contributed by atoms with Gasteiger partial charge in [0.25, 0.3) is 0 Å². The van der Waals surface area contributed by atoms with Crippen LogP contribution in [0.5, 0.6) is 0 Å². The molecule has 100 valence electrons. The predicted molar refractivity (Wildman–Crippen MR) is 83.5 cm³/mol. The fourth-order valence-corrected chi connectivity index (χ4v) is 3.10. The second-order valence-electron chi connectivity index (χ2n) is 4.67. The lowest BCUT2D eigenvalue weighted by Gasteiger charge is -2.13. The smallest absolute Gasteiger partial charge is 0.131 e. The molecule has 0 aliphatic carbocycles. The Morgan fingerprint density at radius 3 is 2.45 bits per heavy atom. The molecular formula is C17H13BrFN. The molecular weight excluding hydrogens is 317 g/mol. The van der Waals surface area contributed by atoms with Crippen molar-refractivity contribution in [2.75, 3.05) is 0 Å². The first-order valence-corrected chi connectivity index (χ1v) is 7.38. The van der Waals surface area contributed by atoms with Gasteiger partial charge in [0, 0.05) is 28.5 Å². The SMILES string of the molecule is Fc1ccc(C(Br)Cc2ccccn2)c2ccccc12. The van der Waals surface area contributed by atoms with Crippen molar-refractivity contribution in [3.63, 3.8) is 0 Å². The molecule has 0 spiro atoms. The first-order valence-electron chi connectivity index (χ1n) is 6.47. The quantitative estimate of drug-likeness (QED) is 0.612. The highest BCUT2D eigenvalue weighted by Gasteiger charge is 2.14. The Kier molecular flexibility index (Phi) is 3.79. The highest BCUT2D eigenvalue weighted by atomic mass is 79.9. The minimum Gasteiger partial charge on any atom is -0.261 e. The average molecular weight is 330 g/mol. The van der Waals surface area contributed by atoms with Crippen molar-refractivity contribution in [2.45, 2.75) is 11.2 Å². The Morgan fingerprint density at radius 1 is 0.950 bits per heavy atom. The number of hydrogen-bond acceptors (Lipinski definition) is 1. The van der Waals surface area contributed by atoms with Gasteiger partial charge >= 0.3 is 0 Å². The molecule has 1 unspecified atom stereocenters. The zero-order valence-electron chi connectivity index (χ0n) is 10.8. The number of hydrogen-bond donors (Lipinski definition) is 0. The molecule has 1 heterocycles. The molecule has 0 saturated carbocycles. The lowest BCUT2D eigenvalue weighted by molar-refractivity contribution is 0.639. The van der Waals surface area contributed by atoms with Gasteiger partial charge in [-0.25, -0.2) is 4.39 Å². The van der Waals surface area contributed by atoms with Crippen LogP contribution in [0.1, 0.15) is 16.1 Å². The molecule has 0 aliphatic heterocycles. The van der Waals surface area contributed by atoms with Crippen LogP contribution in [0.3, 0.4) is 0 Å². The second-order valence-corrected chi connectivity index (χ2v) is 5.78. The van der Waals surface area contributed by atoms with Crippen molar-refractivity contribution >= 4 is 26.7 Å². The number of pyridine rings is 1. The number of aromatic nitrogens is 1. The van der Waals surface area contributed by atoms with Crippen molar-refractivity contribution in [3.8, 4) is 0 Å². The molecule has 0 N–H and O–H groups in total. The first-order chi connectivity index (χ1) is 9.75. The predicted octanol–water partition coefficient (Wildman–Crippen LogP) is 5.05. The monoisotopic (exact) mass is 329 g/mol. The molecule has 3 heteroatoms. The highest BCUT2D eigenvalue weighted by molar-refractivity contribution is 9.09. The van der Waals surface area contributed by atoms with Gasteiger partial charge in [-0.05, 0) is 29.1 Å². The van der Waals surface area contributed by atoms with Gasteiger partial charge in [0.05, 0.1) is 0 Å². The molecule has 3 rings (SSSR count). The summed E-state index contributed by atoms with van der Waals surface area (Å²) in [6.07, 6.45) is 2.56. The largest absolute Gasteiger partial charge is 0.261 e. The second kappa shape index (κ2) is 5.71. The maximum atomic E-state index is 13.8. The number of halogens is 2. The minimum absolute atomic E-state index is 0.114. The summed E-state index contributed by atoms with van der Waals surface area (Å²) < 4.78 is 13.8. The summed E-state index contributed by atoms with van der Waals surface area (Å²) in [5.41, 5.74) is 2.11. The summed E-state index contributed by atoms with van der Waals surface area (Å²) >= 11 is 3.71. The van der Waals surface area contributed by atoms with Crippen LogP contribution in [0.25, 0.3) is 10.8 Å².